The van der Waals surface area contributed by atoms with Crippen molar-refractivity contribution in [2.45, 2.75) is 50.5 Å². The fraction of sp³-hybridized carbons (Fsp3) is 0.562. The molecule has 114 valence electrons. The van der Waals surface area contributed by atoms with Crippen LogP contribution in [0.1, 0.15) is 32.5 Å². The Kier molecular flexibility index (Phi) is 4.65. The molecule has 1 aromatic carbocycles. The van der Waals surface area contributed by atoms with E-state index in [1.807, 2.05) is 26.0 Å². The maximum Gasteiger partial charge on any atom is 0.147 e. The molecule has 0 bridgehead atoms. The summed E-state index contributed by atoms with van der Waals surface area (Å²) in [4.78, 5) is 4.72. The number of imidazole rings is 1. The molecule has 0 aliphatic carbocycles. The van der Waals surface area contributed by atoms with Gasteiger partial charge in [-0.05, 0) is 44.6 Å². The number of ether oxygens (including phenoxy) is 1. The van der Waals surface area contributed by atoms with Gasteiger partial charge in [0.25, 0.3) is 0 Å². The van der Waals surface area contributed by atoms with E-state index in [4.69, 9.17) is 21.3 Å². The molecule has 2 heterocycles. The molecule has 1 atom stereocenters. The van der Waals surface area contributed by atoms with Crippen LogP contribution >= 0.6 is 23.4 Å². The van der Waals surface area contributed by atoms with Crippen LogP contribution in [0.3, 0.4) is 0 Å². The molecule has 1 fully saturated rings. The van der Waals surface area contributed by atoms with Gasteiger partial charge in [-0.25, -0.2) is 4.98 Å². The van der Waals surface area contributed by atoms with E-state index in [0.29, 0.717) is 11.1 Å². The highest BCUT2D eigenvalue weighted by atomic mass is 35.5. The summed E-state index contributed by atoms with van der Waals surface area (Å²) in [6.45, 7) is 5.06. The van der Waals surface area contributed by atoms with Gasteiger partial charge in [0.1, 0.15) is 17.1 Å². The number of benzene rings is 1. The molecule has 3 rings (SSSR count). The van der Waals surface area contributed by atoms with Crippen LogP contribution in [0.15, 0.2) is 18.2 Å². The minimum Gasteiger partial charge on any atom is -0.489 e. The first-order chi connectivity index (χ1) is 10.2. The zero-order valence-corrected chi connectivity index (χ0v) is 14.1. The molecule has 1 aliphatic rings. The fourth-order valence-corrected chi connectivity index (χ4v) is 4.27. The molecule has 1 aliphatic heterocycles. The lowest BCUT2D eigenvalue weighted by molar-refractivity contribution is 0.245. The Bertz CT molecular complexity index is 620. The van der Waals surface area contributed by atoms with Crippen molar-refractivity contribution < 1.29 is 4.74 Å². The average Bonchev–Trinajstić information content (AvgIpc) is 3.07. The van der Waals surface area contributed by atoms with Gasteiger partial charge < -0.3 is 9.30 Å². The summed E-state index contributed by atoms with van der Waals surface area (Å²) in [7, 11) is 0. The molecule has 0 spiro atoms. The second kappa shape index (κ2) is 6.49. The Morgan fingerprint density at radius 1 is 1.48 bits per heavy atom. The lowest BCUT2D eigenvalue weighted by Gasteiger charge is -2.13. The molecule has 0 saturated carbocycles. The van der Waals surface area contributed by atoms with Gasteiger partial charge in [-0.15, -0.1) is 11.6 Å². The van der Waals surface area contributed by atoms with E-state index in [9.17, 15) is 0 Å². The van der Waals surface area contributed by atoms with Crippen molar-refractivity contribution in [3.63, 3.8) is 0 Å². The van der Waals surface area contributed by atoms with Crippen LogP contribution in [-0.4, -0.2) is 26.7 Å². The third-order valence-electron chi connectivity index (χ3n) is 3.71. The number of hydrogen-bond donors (Lipinski definition) is 0. The number of aromatic nitrogens is 2. The van der Waals surface area contributed by atoms with Crippen molar-refractivity contribution in [3.8, 4) is 5.75 Å². The highest BCUT2D eigenvalue weighted by molar-refractivity contribution is 8.00. The fourth-order valence-electron chi connectivity index (χ4n) is 2.82. The second-order valence-electron chi connectivity index (χ2n) is 5.70. The predicted octanol–water partition coefficient (Wildman–Crippen LogP) is 4.46. The molecular formula is C16H21ClN2OS. The maximum absolute atomic E-state index is 6.12. The molecule has 1 unspecified atom stereocenters. The molecular weight excluding hydrogens is 304 g/mol. The van der Waals surface area contributed by atoms with Crippen molar-refractivity contribution in [1.82, 2.24) is 9.55 Å². The van der Waals surface area contributed by atoms with Crippen molar-refractivity contribution in [1.29, 1.82) is 0 Å². The number of alkyl halides is 1. The second-order valence-corrected chi connectivity index (χ2v) is 7.37. The third kappa shape index (κ3) is 3.16. The van der Waals surface area contributed by atoms with Gasteiger partial charge >= 0.3 is 0 Å². The molecule has 21 heavy (non-hydrogen) atoms. The summed E-state index contributed by atoms with van der Waals surface area (Å²) in [5.41, 5.74) is 2.07. The maximum atomic E-state index is 6.12. The van der Waals surface area contributed by atoms with E-state index in [1.165, 1.54) is 18.6 Å². The van der Waals surface area contributed by atoms with Gasteiger partial charge in [-0.2, -0.15) is 11.8 Å². The molecule has 2 aromatic rings. The van der Waals surface area contributed by atoms with Crippen LogP contribution in [0, 0.1) is 0 Å². The van der Waals surface area contributed by atoms with Crippen molar-refractivity contribution in [2.24, 2.45) is 0 Å². The molecule has 1 aromatic heterocycles. The summed E-state index contributed by atoms with van der Waals surface area (Å²) >= 11 is 8.18. The van der Waals surface area contributed by atoms with E-state index in [-0.39, 0.29) is 6.10 Å². The summed E-state index contributed by atoms with van der Waals surface area (Å²) in [5.74, 6) is 3.51. The highest BCUT2D eigenvalue weighted by Gasteiger charge is 2.20. The molecule has 1 saturated heterocycles. The normalized spacial score (nSPS) is 18.8. The number of halogens is 1. The molecule has 3 nitrogen and oxygen atoms in total. The molecule has 0 radical (unpaired) electrons. The van der Waals surface area contributed by atoms with Crippen LogP contribution in [0.25, 0.3) is 11.0 Å². The minimum absolute atomic E-state index is 0.144. The number of para-hydroxylation sites is 1. The van der Waals surface area contributed by atoms with Gasteiger partial charge in [0, 0.05) is 11.8 Å². The Hall–Kier alpha value is -0.870. The topological polar surface area (TPSA) is 27.1 Å². The first-order valence-electron chi connectivity index (χ1n) is 7.51. The molecule has 5 heteroatoms. The Morgan fingerprint density at radius 3 is 3.00 bits per heavy atom. The molecule has 0 amide bonds. The largest absolute Gasteiger partial charge is 0.489 e. The summed E-state index contributed by atoms with van der Waals surface area (Å²) in [5, 5.41) is 0.680. The van der Waals surface area contributed by atoms with Crippen LogP contribution < -0.4 is 4.74 Å². The number of nitrogens with zero attached hydrogens (tertiary/aromatic N) is 2. The van der Waals surface area contributed by atoms with Crippen LogP contribution in [0.2, 0.25) is 0 Å². The van der Waals surface area contributed by atoms with Crippen molar-refractivity contribution >= 4 is 34.4 Å². The van der Waals surface area contributed by atoms with Gasteiger partial charge in [-0.1, -0.05) is 6.07 Å². The summed E-state index contributed by atoms with van der Waals surface area (Å²) in [6, 6.07) is 6.14. The first-order valence-corrected chi connectivity index (χ1v) is 9.09. The number of fused-ring (bicyclic) bond motifs is 1. The third-order valence-corrected chi connectivity index (χ3v) is 5.33. The predicted molar refractivity (Wildman–Crippen MR) is 90.5 cm³/mol. The van der Waals surface area contributed by atoms with Crippen LogP contribution in [0.4, 0.5) is 0 Å². The lowest BCUT2D eigenvalue weighted by atomic mass is 10.2. The zero-order chi connectivity index (χ0) is 14.8. The van der Waals surface area contributed by atoms with Crippen LogP contribution in [-0.2, 0) is 12.4 Å². The number of rotatable bonds is 5. The smallest absolute Gasteiger partial charge is 0.147 e. The van der Waals surface area contributed by atoms with E-state index in [1.54, 1.807) is 0 Å². The van der Waals surface area contributed by atoms with E-state index < -0.39 is 0 Å². The standard InChI is InChI=1S/C16H21ClN2OS/c1-11(2)20-14-7-3-6-13-16(14)18-15(9-17)19(13)10-12-5-4-8-21-12/h3,6-7,11-12H,4-5,8-10H2,1-2H3. The lowest BCUT2D eigenvalue weighted by Crippen LogP contribution is -2.12. The monoisotopic (exact) mass is 324 g/mol. The van der Waals surface area contributed by atoms with Crippen LogP contribution in [0.5, 0.6) is 5.75 Å². The molecule has 0 N–H and O–H groups in total. The van der Waals surface area contributed by atoms with Crippen molar-refractivity contribution in [2.75, 3.05) is 5.75 Å². The number of hydrogen-bond acceptors (Lipinski definition) is 3. The summed E-state index contributed by atoms with van der Waals surface area (Å²) < 4.78 is 8.16. The first kappa shape index (κ1) is 15.0. The Labute approximate surface area is 135 Å². The summed E-state index contributed by atoms with van der Waals surface area (Å²) in [6.07, 6.45) is 2.75. The Balaban J connectivity index is 2.01. The SMILES string of the molecule is CC(C)Oc1cccc2c1nc(CCl)n2CC1CCCS1. The van der Waals surface area contributed by atoms with Gasteiger partial charge in [0.15, 0.2) is 0 Å². The van der Waals surface area contributed by atoms with Gasteiger partial charge in [0.05, 0.1) is 17.5 Å². The van der Waals surface area contributed by atoms with Crippen molar-refractivity contribution in [3.05, 3.63) is 24.0 Å². The quantitative estimate of drug-likeness (QED) is 0.760. The number of thioether (sulfide) groups is 1. The van der Waals surface area contributed by atoms with E-state index >= 15 is 0 Å². The highest BCUT2D eigenvalue weighted by Crippen LogP contribution is 2.32. The average molecular weight is 325 g/mol. The Morgan fingerprint density at radius 2 is 2.33 bits per heavy atom. The van der Waals surface area contributed by atoms with Gasteiger partial charge in [-0.3, -0.25) is 0 Å². The minimum atomic E-state index is 0.144. The van der Waals surface area contributed by atoms with E-state index in [2.05, 4.69) is 22.4 Å². The van der Waals surface area contributed by atoms with E-state index in [0.717, 1.165) is 29.2 Å². The zero-order valence-electron chi connectivity index (χ0n) is 12.5. The van der Waals surface area contributed by atoms with Gasteiger partial charge in [0.2, 0.25) is 0 Å².